The zero-order valence-corrected chi connectivity index (χ0v) is 20.7. The fraction of sp³-hybridized carbons (Fsp3) is 0.481. The topological polar surface area (TPSA) is 87.4 Å². The second kappa shape index (κ2) is 10.8. The SMILES string of the molecule is CNc1ccc2c(nc(CC(C(=O)O)c3cccc(Cl)c3)n2C2CCCCC2)c1CCC(C)O. The molecule has 1 aromatic heterocycles. The first-order valence-corrected chi connectivity index (χ1v) is 12.6. The lowest BCUT2D eigenvalue weighted by molar-refractivity contribution is -0.138. The molecule has 0 radical (unpaired) electrons. The van der Waals surface area contributed by atoms with E-state index in [0.29, 0.717) is 35.9 Å². The lowest BCUT2D eigenvalue weighted by Crippen LogP contribution is -2.20. The molecule has 2 atom stereocenters. The number of aliphatic hydroxyl groups is 1. The number of aliphatic carboxylic acids is 1. The molecule has 3 aromatic rings. The molecule has 1 fully saturated rings. The van der Waals surface area contributed by atoms with Crippen molar-refractivity contribution in [3.05, 3.63) is 58.4 Å². The first kappa shape index (κ1) is 24.6. The van der Waals surface area contributed by atoms with Crippen molar-refractivity contribution in [2.45, 2.75) is 76.4 Å². The second-order valence-corrected chi connectivity index (χ2v) is 9.87. The van der Waals surface area contributed by atoms with Gasteiger partial charge in [-0.3, -0.25) is 4.79 Å². The molecule has 0 aliphatic heterocycles. The fourth-order valence-corrected chi connectivity index (χ4v) is 5.45. The Morgan fingerprint density at radius 3 is 2.65 bits per heavy atom. The van der Waals surface area contributed by atoms with Crippen LogP contribution >= 0.6 is 11.6 Å². The molecule has 1 heterocycles. The highest BCUT2D eigenvalue weighted by Crippen LogP contribution is 2.37. The number of hydrogen-bond donors (Lipinski definition) is 3. The van der Waals surface area contributed by atoms with Crippen LogP contribution in [0, 0.1) is 0 Å². The Bertz CT molecular complexity index is 1150. The average molecular weight is 484 g/mol. The van der Waals surface area contributed by atoms with Gasteiger partial charge in [-0.25, -0.2) is 4.98 Å². The van der Waals surface area contributed by atoms with Crippen molar-refractivity contribution >= 4 is 34.3 Å². The summed E-state index contributed by atoms with van der Waals surface area (Å²) < 4.78 is 2.31. The number of aromatic nitrogens is 2. The van der Waals surface area contributed by atoms with Crippen molar-refractivity contribution in [3.63, 3.8) is 0 Å². The predicted octanol–water partition coefficient (Wildman–Crippen LogP) is 5.96. The lowest BCUT2D eigenvalue weighted by Gasteiger charge is -2.26. The molecule has 6 nitrogen and oxygen atoms in total. The van der Waals surface area contributed by atoms with Gasteiger partial charge in [0.15, 0.2) is 0 Å². The van der Waals surface area contributed by atoms with E-state index in [1.165, 1.54) is 19.3 Å². The minimum Gasteiger partial charge on any atom is -0.481 e. The van der Waals surface area contributed by atoms with Gasteiger partial charge >= 0.3 is 5.97 Å². The molecule has 2 aromatic carbocycles. The highest BCUT2D eigenvalue weighted by Gasteiger charge is 2.28. The summed E-state index contributed by atoms with van der Waals surface area (Å²) >= 11 is 6.19. The van der Waals surface area contributed by atoms with Crippen LogP contribution in [-0.4, -0.2) is 38.9 Å². The molecule has 0 spiro atoms. The summed E-state index contributed by atoms with van der Waals surface area (Å²) in [6.07, 6.45) is 6.96. The van der Waals surface area contributed by atoms with Crippen molar-refractivity contribution in [1.82, 2.24) is 9.55 Å². The molecule has 0 saturated heterocycles. The Labute approximate surface area is 206 Å². The summed E-state index contributed by atoms with van der Waals surface area (Å²) in [5, 5.41) is 23.8. The molecule has 4 rings (SSSR count). The first-order valence-electron chi connectivity index (χ1n) is 12.3. The van der Waals surface area contributed by atoms with Crippen LogP contribution in [0.5, 0.6) is 0 Å². The standard InChI is InChI=1S/C27H34ClN3O3/c1-17(32)11-12-21-23(29-2)13-14-24-26(21)30-25(31(24)20-9-4-3-5-10-20)16-22(27(33)34)18-7-6-8-19(28)15-18/h6-8,13-15,17,20,22,29,32H,3-5,9-12,16H2,1-2H3,(H,33,34). The van der Waals surface area contributed by atoms with Crippen molar-refractivity contribution in [2.75, 3.05) is 12.4 Å². The van der Waals surface area contributed by atoms with E-state index in [-0.39, 0.29) is 0 Å². The van der Waals surface area contributed by atoms with Gasteiger partial charge in [-0.1, -0.05) is 43.0 Å². The number of hydrogen-bond acceptors (Lipinski definition) is 4. The van der Waals surface area contributed by atoms with Gasteiger partial charge in [0.2, 0.25) is 0 Å². The fourth-order valence-electron chi connectivity index (χ4n) is 5.25. The number of rotatable bonds is 9. The normalized spacial score (nSPS) is 16.5. The van der Waals surface area contributed by atoms with Crippen molar-refractivity contribution in [1.29, 1.82) is 0 Å². The van der Waals surface area contributed by atoms with Crippen molar-refractivity contribution in [3.8, 4) is 0 Å². The Morgan fingerprint density at radius 1 is 1.24 bits per heavy atom. The van der Waals surface area contributed by atoms with Crippen LogP contribution < -0.4 is 5.32 Å². The maximum Gasteiger partial charge on any atom is 0.311 e. The number of nitrogens with zero attached hydrogens (tertiary/aromatic N) is 2. The number of benzene rings is 2. The molecule has 0 amide bonds. The molecule has 34 heavy (non-hydrogen) atoms. The number of carboxylic acid groups (broad SMARTS) is 1. The summed E-state index contributed by atoms with van der Waals surface area (Å²) in [6, 6.07) is 11.6. The van der Waals surface area contributed by atoms with Crippen LogP contribution in [-0.2, 0) is 17.6 Å². The Morgan fingerprint density at radius 2 is 2.00 bits per heavy atom. The molecule has 1 aliphatic carbocycles. The third-order valence-corrected chi connectivity index (χ3v) is 7.23. The van der Waals surface area contributed by atoms with Gasteiger partial charge in [-0.15, -0.1) is 0 Å². The van der Waals surface area contributed by atoms with Crippen LogP contribution in [0.15, 0.2) is 36.4 Å². The van der Waals surface area contributed by atoms with Gasteiger partial charge in [0.05, 0.1) is 23.1 Å². The Kier molecular flexibility index (Phi) is 7.79. The third-order valence-electron chi connectivity index (χ3n) is 7.00. The van der Waals surface area contributed by atoms with E-state index in [1.807, 2.05) is 13.1 Å². The van der Waals surface area contributed by atoms with Gasteiger partial charge < -0.3 is 20.1 Å². The quantitative estimate of drug-likeness (QED) is 0.349. The molecule has 2 unspecified atom stereocenters. The van der Waals surface area contributed by atoms with Crippen molar-refractivity contribution < 1.29 is 15.0 Å². The Hall–Kier alpha value is -2.57. The van der Waals surface area contributed by atoms with E-state index in [2.05, 4.69) is 22.0 Å². The summed E-state index contributed by atoms with van der Waals surface area (Å²) in [4.78, 5) is 17.4. The number of anilines is 1. The Balaban J connectivity index is 1.85. The second-order valence-electron chi connectivity index (χ2n) is 9.44. The number of imidazole rings is 1. The van der Waals surface area contributed by atoms with Gasteiger partial charge in [-0.05, 0) is 62.4 Å². The molecule has 0 bridgehead atoms. The number of carbonyl (C=O) groups is 1. The van der Waals surface area contributed by atoms with E-state index < -0.39 is 18.0 Å². The van der Waals surface area contributed by atoms with Gasteiger partial charge in [-0.2, -0.15) is 0 Å². The van der Waals surface area contributed by atoms with E-state index in [1.54, 1.807) is 25.1 Å². The molecule has 7 heteroatoms. The van der Waals surface area contributed by atoms with Gasteiger partial charge in [0, 0.05) is 35.8 Å². The lowest BCUT2D eigenvalue weighted by atomic mass is 9.93. The smallest absolute Gasteiger partial charge is 0.311 e. The zero-order valence-electron chi connectivity index (χ0n) is 19.9. The van der Waals surface area contributed by atoms with Crippen LogP contribution in [0.25, 0.3) is 11.0 Å². The zero-order chi connectivity index (χ0) is 24.2. The average Bonchev–Trinajstić information content (AvgIpc) is 3.19. The molecule has 1 saturated carbocycles. The maximum atomic E-state index is 12.3. The van der Waals surface area contributed by atoms with Crippen LogP contribution in [0.3, 0.4) is 0 Å². The summed E-state index contributed by atoms with van der Waals surface area (Å²) in [5.74, 6) is -0.807. The summed E-state index contributed by atoms with van der Waals surface area (Å²) in [5.41, 5.74) is 4.72. The van der Waals surface area contributed by atoms with E-state index in [9.17, 15) is 15.0 Å². The summed E-state index contributed by atoms with van der Waals surface area (Å²) in [7, 11) is 1.89. The van der Waals surface area contributed by atoms with Crippen LogP contribution in [0.2, 0.25) is 5.02 Å². The number of fused-ring (bicyclic) bond motifs is 1. The molecular weight excluding hydrogens is 450 g/mol. The van der Waals surface area contributed by atoms with Gasteiger partial charge in [0.1, 0.15) is 5.82 Å². The van der Waals surface area contributed by atoms with Gasteiger partial charge in [0.25, 0.3) is 0 Å². The third kappa shape index (κ3) is 5.23. The number of aliphatic hydroxyl groups excluding tert-OH is 1. The number of carboxylic acids is 1. The highest BCUT2D eigenvalue weighted by molar-refractivity contribution is 6.30. The van der Waals surface area contributed by atoms with Crippen LogP contribution in [0.1, 0.15) is 74.4 Å². The largest absolute Gasteiger partial charge is 0.481 e. The van der Waals surface area contributed by atoms with E-state index in [4.69, 9.17) is 16.6 Å². The number of aryl methyl sites for hydroxylation is 1. The molecular formula is C27H34ClN3O3. The molecule has 3 N–H and O–H groups in total. The van der Waals surface area contributed by atoms with Crippen molar-refractivity contribution in [2.24, 2.45) is 0 Å². The summed E-state index contributed by atoms with van der Waals surface area (Å²) in [6.45, 7) is 1.80. The van der Waals surface area contributed by atoms with Crippen LogP contribution in [0.4, 0.5) is 5.69 Å². The molecule has 182 valence electrons. The minimum absolute atomic E-state index is 0.297. The maximum absolute atomic E-state index is 12.3. The first-order chi connectivity index (χ1) is 16.4. The van der Waals surface area contributed by atoms with E-state index in [0.717, 1.165) is 41.0 Å². The number of halogens is 1. The molecule has 1 aliphatic rings. The highest BCUT2D eigenvalue weighted by atomic mass is 35.5. The van der Waals surface area contributed by atoms with E-state index >= 15 is 0 Å². The monoisotopic (exact) mass is 483 g/mol. The number of nitrogens with one attached hydrogen (secondary N) is 1. The predicted molar refractivity (Wildman–Crippen MR) is 137 cm³/mol. The minimum atomic E-state index is -0.880.